The Morgan fingerprint density at radius 3 is 0.929 bits per heavy atom. The van der Waals surface area contributed by atoms with Gasteiger partial charge in [0.25, 0.3) is 0 Å². The fourth-order valence-electron chi connectivity index (χ4n) is 2.29. The number of anilines is 4. The molecular weight excluding hydrogens is 614 g/mol. The van der Waals surface area contributed by atoms with Crippen molar-refractivity contribution < 1.29 is 0 Å². The summed E-state index contributed by atoms with van der Waals surface area (Å²) in [4.78, 5) is 0. The second kappa shape index (κ2) is 10.3. The predicted octanol–water partition coefficient (Wildman–Crippen LogP) is 6.51. The summed E-state index contributed by atoms with van der Waals surface area (Å²) < 4.78 is 2.36. The van der Waals surface area contributed by atoms with Crippen LogP contribution in [0.15, 0.2) is 72.8 Å². The average molecular weight is 630 g/mol. The van der Waals surface area contributed by atoms with Crippen LogP contribution in [0.25, 0.3) is 0 Å². The van der Waals surface area contributed by atoms with Gasteiger partial charge in [0.05, 0.1) is 0 Å². The molecule has 0 aliphatic rings. The highest BCUT2D eigenvalue weighted by atomic mass is 127. The van der Waals surface area contributed by atoms with Crippen molar-refractivity contribution in [2.24, 2.45) is 0 Å². The van der Waals surface area contributed by atoms with E-state index in [0.717, 1.165) is 22.7 Å². The van der Waals surface area contributed by atoms with Crippen molar-refractivity contribution in [3.63, 3.8) is 0 Å². The third kappa shape index (κ3) is 6.83. The van der Waals surface area contributed by atoms with Gasteiger partial charge in [0.15, 0.2) is 10.2 Å². The van der Waals surface area contributed by atoms with E-state index in [2.05, 4.69) is 66.4 Å². The van der Waals surface area contributed by atoms with Crippen molar-refractivity contribution in [2.75, 3.05) is 21.3 Å². The van der Waals surface area contributed by atoms with Gasteiger partial charge in [0, 0.05) is 29.9 Å². The van der Waals surface area contributed by atoms with Crippen molar-refractivity contribution in [2.45, 2.75) is 0 Å². The van der Waals surface area contributed by atoms with Gasteiger partial charge in [-0.05, 0) is 142 Å². The zero-order chi connectivity index (χ0) is 19.9. The van der Waals surface area contributed by atoms with E-state index in [9.17, 15) is 0 Å². The fourth-order valence-corrected chi connectivity index (χ4v) is 3.48. The second-order valence-corrected chi connectivity index (χ2v) is 9.06. The molecule has 28 heavy (non-hydrogen) atoms. The van der Waals surface area contributed by atoms with E-state index in [1.165, 1.54) is 7.14 Å². The van der Waals surface area contributed by atoms with Gasteiger partial charge in [-0.2, -0.15) is 0 Å². The molecule has 0 atom stereocenters. The number of halogens is 2. The summed E-state index contributed by atoms with van der Waals surface area (Å²) in [7, 11) is 0. The Hall–Kier alpha value is -1.50. The van der Waals surface area contributed by atoms with E-state index in [-0.39, 0.29) is 0 Å². The second-order valence-electron chi connectivity index (χ2n) is 5.75. The SMILES string of the molecule is S=C(Nc1ccc(I)cc1)Nc1ccc(NC(=S)Nc2ccc(I)cc2)cc1. The zero-order valence-corrected chi connectivity index (χ0v) is 20.4. The topological polar surface area (TPSA) is 48.1 Å². The highest BCUT2D eigenvalue weighted by Gasteiger charge is 2.02. The summed E-state index contributed by atoms with van der Waals surface area (Å²) in [5.74, 6) is 0. The first-order valence-electron chi connectivity index (χ1n) is 8.25. The molecule has 142 valence electrons. The van der Waals surface area contributed by atoms with Gasteiger partial charge < -0.3 is 21.3 Å². The van der Waals surface area contributed by atoms with E-state index >= 15 is 0 Å². The van der Waals surface area contributed by atoms with Crippen LogP contribution in [0.5, 0.6) is 0 Å². The predicted molar refractivity (Wildman–Crippen MR) is 144 cm³/mol. The molecule has 0 aliphatic carbocycles. The molecule has 3 aromatic carbocycles. The quantitative estimate of drug-likeness (QED) is 0.195. The van der Waals surface area contributed by atoms with Crippen LogP contribution in [0.3, 0.4) is 0 Å². The molecule has 0 fully saturated rings. The first-order valence-corrected chi connectivity index (χ1v) is 11.2. The van der Waals surface area contributed by atoms with Gasteiger partial charge in [-0.15, -0.1) is 0 Å². The maximum absolute atomic E-state index is 5.36. The highest BCUT2D eigenvalue weighted by Crippen LogP contribution is 2.16. The van der Waals surface area contributed by atoms with Crippen LogP contribution in [-0.2, 0) is 0 Å². The standard InChI is InChI=1S/C20H16I2N4S2/c21-13-1-5-15(6-2-13)23-19(27)25-17-9-11-18(12-10-17)26-20(28)24-16-7-3-14(22)4-8-16/h1-12H,(H2,23,25,27)(H2,24,26,28). The first kappa shape index (κ1) is 21.2. The average Bonchev–Trinajstić information content (AvgIpc) is 2.67. The lowest BCUT2D eigenvalue weighted by atomic mass is 10.3. The van der Waals surface area contributed by atoms with Gasteiger partial charge in [0.2, 0.25) is 0 Å². The van der Waals surface area contributed by atoms with E-state index in [1.54, 1.807) is 0 Å². The van der Waals surface area contributed by atoms with Crippen molar-refractivity contribution in [1.29, 1.82) is 0 Å². The smallest absolute Gasteiger partial charge is 0.175 e. The molecule has 0 spiro atoms. The molecule has 4 nitrogen and oxygen atoms in total. The van der Waals surface area contributed by atoms with Gasteiger partial charge in [-0.25, -0.2) is 0 Å². The molecule has 8 heteroatoms. The molecular formula is C20H16I2N4S2. The van der Waals surface area contributed by atoms with E-state index in [0.29, 0.717) is 10.2 Å². The summed E-state index contributed by atoms with van der Waals surface area (Å²) in [5.41, 5.74) is 3.68. The summed E-state index contributed by atoms with van der Waals surface area (Å²) >= 11 is 15.3. The normalized spacial score (nSPS) is 10.1. The van der Waals surface area contributed by atoms with Crippen LogP contribution in [0.1, 0.15) is 0 Å². The van der Waals surface area contributed by atoms with Crippen LogP contribution in [0, 0.1) is 7.14 Å². The molecule has 0 bridgehead atoms. The summed E-state index contributed by atoms with van der Waals surface area (Å²) in [6.45, 7) is 0. The molecule has 3 rings (SSSR count). The Bertz CT molecular complexity index is 879. The molecule has 0 radical (unpaired) electrons. The van der Waals surface area contributed by atoms with E-state index < -0.39 is 0 Å². The lowest BCUT2D eigenvalue weighted by molar-refractivity contribution is 1.56. The van der Waals surface area contributed by atoms with Crippen molar-refractivity contribution in [1.82, 2.24) is 0 Å². The summed E-state index contributed by atoms with van der Waals surface area (Å²) in [6.07, 6.45) is 0. The van der Waals surface area contributed by atoms with Gasteiger partial charge >= 0.3 is 0 Å². The Labute approximate surface area is 202 Å². The Morgan fingerprint density at radius 2 is 0.679 bits per heavy atom. The first-order chi connectivity index (χ1) is 13.5. The molecule has 0 aromatic heterocycles. The Balaban J connectivity index is 1.51. The van der Waals surface area contributed by atoms with Crippen molar-refractivity contribution in [3.8, 4) is 0 Å². The third-order valence-corrected chi connectivity index (χ3v) is 5.45. The van der Waals surface area contributed by atoms with Crippen LogP contribution < -0.4 is 21.3 Å². The minimum absolute atomic E-state index is 0.540. The van der Waals surface area contributed by atoms with E-state index in [4.69, 9.17) is 24.4 Å². The lowest BCUT2D eigenvalue weighted by Crippen LogP contribution is -2.20. The maximum Gasteiger partial charge on any atom is 0.175 e. The molecule has 0 saturated carbocycles. The van der Waals surface area contributed by atoms with Crippen LogP contribution >= 0.6 is 69.6 Å². The molecule has 3 aromatic rings. The number of rotatable bonds is 4. The summed E-state index contributed by atoms with van der Waals surface area (Å²) in [5, 5.41) is 13.8. The van der Waals surface area contributed by atoms with Gasteiger partial charge in [-0.3, -0.25) is 0 Å². The minimum Gasteiger partial charge on any atom is -0.332 e. The molecule has 4 N–H and O–H groups in total. The Morgan fingerprint density at radius 1 is 0.464 bits per heavy atom. The monoisotopic (exact) mass is 630 g/mol. The fraction of sp³-hybridized carbons (Fsp3) is 0. The van der Waals surface area contributed by atoms with Crippen molar-refractivity contribution >= 4 is 103 Å². The molecule has 0 amide bonds. The van der Waals surface area contributed by atoms with Crippen LogP contribution in [0.2, 0.25) is 0 Å². The van der Waals surface area contributed by atoms with Crippen LogP contribution in [0.4, 0.5) is 22.7 Å². The Kier molecular flexibility index (Phi) is 7.82. The number of hydrogen-bond donors (Lipinski definition) is 4. The molecule has 0 unspecified atom stereocenters. The van der Waals surface area contributed by atoms with Crippen molar-refractivity contribution in [3.05, 3.63) is 79.9 Å². The lowest BCUT2D eigenvalue weighted by Gasteiger charge is -2.13. The maximum atomic E-state index is 5.36. The number of nitrogens with one attached hydrogen (secondary N) is 4. The zero-order valence-electron chi connectivity index (χ0n) is 14.5. The number of benzene rings is 3. The molecule has 0 heterocycles. The van der Waals surface area contributed by atoms with Gasteiger partial charge in [-0.1, -0.05) is 0 Å². The van der Waals surface area contributed by atoms with E-state index in [1.807, 2.05) is 72.8 Å². The summed E-state index contributed by atoms with van der Waals surface area (Å²) in [6, 6.07) is 23.8. The van der Waals surface area contributed by atoms with Gasteiger partial charge in [0.1, 0.15) is 0 Å². The number of hydrogen-bond acceptors (Lipinski definition) is 2. The largest absolute Gasteiger partial charge is 0.332 e. The highest BCUT2D eigenvalue weighted by molar-refractivity contribution is 14.1. The third-order valence-electron chi connectivity index (χ3n) is 3.60. The number of thiocarbonyl (C=S) groups is 2. The molecule has 0 aliphatic heterocycles. The minimum atomic E-state index is 0.540. The van der Waals surface area contributed by atoms with Crippen LogP contribution in [-0.4, -0.2) is 10.2 Å². The molecule has 0 saturated heterocycles.